The molecule has 1 N–H and O–H groups in total. The number of allylic oxidation sites excluding steroid dienone is 1. The van der Waals surface area contributed by atoms with Crippen LogP contribution in [0.4, 0.5) is 0 Å². The van der Waals surface area contributed by atoms with Crippen LogP contribution in [0, 0.1) is 5.41 Å². The summed E-state index contributed by atoms with van der Waals surface area (Å²) < 4.78 is 16.0. The number of ether oxygens (including phenoxy) is 3. The van der Waals surface area contributed by atoms with Crippen molar-refractivity contribution in [2.24, 2.45) is 0 Å². The largest absolute Gasteiger partial charge is 0.493 e. The average Bonchev–Trinajstić information content (AvgIpc) is 3.22. The highest BCUT2D eigenvalue weighted by molar-refractivity contribution is 8.19. The molecule has 25 heavy (non-hydrogen) atoms. The molecule has 6 nitrogen and oxygen atoms in total. The van der Waals surface area contributed by atoms with Gasteiger partial charge in [-0.05, 0) is 23.8 Å². The first kappa shape index (κ1) is 17.5. The van der Waals surface area contributed by atoms with Crippen LogP contribution in [0.25, 0.3) is 6.08 Å². The zero-order chi connectivity index (χ0) is 18.0. The minimum atomic E-state index is -0.599. The number of Topliss-reactive ketones (excluding diaryl/α,β-unsaturated/α-hetero) is 1. The fourth-order valence-electron chi connectivity index (χ4n) is 2.53. The molecule has 0 saturated carbocycles. The average molecular weight is 376 g/mol. The number of hydrogen-bond donors (Lipinski definition) is 1. The van der Waals surface area contributed by atoms with Crippen molar-refractivity contribution in [3.8, 4) is 17.2 Å². The number of nitrogens with one attached hydrogen (secondary N) is 1. The molecule has 130 valence electrons. The zero-order valence-electron chi connectivity index (χ0n) is 13.9. The van der Waals surface area contributed by atoms with Gasteiger partial charge in [-0.1, -0.05) is 11.8 Å². The first-order chi connectivity index (χ1) is 12.1. The van der Waals surface area contributed by atoms with E-state index in [0.717, 1.165) is 17.3 Å². The highest BCUT2D eigenvalue weighted by atomic mass is 32.2. The van der Waals surface area contributed by atoms with Gasteiger partial charge in [0.25, 0.3) is 0 Å². The third-order valence-electron chi connectivity index (χ3n) is 3.67. The maximum atomic E-state index is 12.7. The number of rotatable bonds is 5. The molecule has 1 aliphatic heterocycles. The highest BCUT2D eigenvalue weighted by Crippen LogP contribution is 2.43. The summed E-state index contributed by atoms with van der Waals surface area (Å²) in [5, 5.41) is 10.9. The van der Waals surface area contributed by atoms with Crippen molar-refractivity contribution in [2.45, 2.75) is 5.92 Å². The van der Waals surface area contributed by atoms with Crippen molar-refractivity contribution < 1.29 is 19.0 Å². The van der Waals surface area contributed by atoms with Gasteiger partial charge >= 0.3 is 0 Å². The van der Waals surface area contributed by atoms with E-state index in [2.05, 4.69) is 4.98 Å². The Kier molecular flexibility index (Phi) is 5.10. The maximum absolute atomic E-state index is 12.7. The lowest BCUT2D eigenvalue weighted by Gasteiger charge is -2.13. The number of methoxy groups -OCH3 is 3. The van der Waals surface area contributed by atoms with E-state index < -0.39 is 5.92 Å². The molecule has 1 aliphatic rings. The van der Waals surface area contributed by atoms with Crippen molar-refractivity contribution in [2.75, 3.05) is 21.3 Å². The first-order valence-corrected chi connectivity index (χ1v) is 9.00. The molecule has 1 fully saturated rings. The molecule has 0 bridgehead atoms. The monoisotopic (exact) mass is 376 g/mol. The van der Waals surface area contributed by atoms with Crippen molar-refractivity contribution in [3.05, 3.63) is 39.2 Å². The minimum Gasteiger partial charge on any atom is -0.493 e. The molecule has 1 atom stereocenters. The second-order valence-electron chi connectivity index (χ2n) is 5.10. The van der Waals surface area contributed by atoms with Crippen molar-refractivity contribution in [3.63, 3.8) is 0 Å². The standard InChI is InChI=1S/C17H16N2O4S2/c1-21-10-6-9(7-11(22-2)15(10)23-3)8-12-14(20)13(16(18)25-12)17-19-4-5-24-17/h4-8,13,18H,1-3H3/b12-8-,18-16?/t13-/m0/s1. The van der Waals surface area contributed by atoms with Crippen LogP contribution in [-0.4, -0.2) is 37.1 Å². The number of carbonyl (C=O) groups is 1. The lowest BCUT2D eigenvalue weighted by Crippen LogP contribution is -2.11. The predicted octanol–water partition coefficient (Wildman–Crippen LogP) is 3.59. The third-order valence-corrected chi connectivity index (χ3v) is 5.51. The fraction of sp³-hybridized carbons (Fsp3) is 0.235. The Balaban J connectivity index is 1.98. The van der Waals surface area contributed by atoms with Gasteiger partial charge in [-0.15, -0.1) is 11.3 Å². The van der Waals surface area contributed by atoms with E-state index in [-0.39, 0.29) is 5.78 Å². The fourth-order valence-corrected chi connectivity index (χ4v) is 4.33. The van der Waals surface area contributed by atoms with Crippen molar-refractivity contribution in [1.29, 1.82) is 5.41 Å². The highest BCUT2D eigenvalue weighted by Gasteiger charge is 2.38. The molecular formula is C17H16N2O4S2. The number of nitrogens with zero attached hydrogens (tertiary/aromatic N) is 1. The van der Waals surface area contributed by atoms with Gasteiger partial charge in [0.1, 0.15) is 10.9 Å². The summed E-state index contributed by atoms with van der Waals surface area (Å²) >= 11 is 2.54. The van der Waals surface area contributed by atoms with Crippen molar-refractivity contribution in [1.82, 2.24) is 4.98 Å². The molecule has 2 heterocycles. The number of hydrogen-bond acceptors (Lipinski definition) is 8. The number of ketones is 1. The summed E-state index contributed by atoms with van der Waals surface area (Å²) in [4.78, 5) is 17.4. The van der Waals surface area contributed by atoms with E-state index in [1.807, 2.05) is 5.38 Å². The summed E-state index contributed by atoms with van der Waals surface area (Å²) in [5.74, 6) is 0.800. The summed E-state index contributed by atoms with van der Waals surface area (Å²) in [6.45, 7) is 0. The first-order valence-electron chi connectivity index (χ1n) is 7.30. The Bertz CT molecular complexity index is 821. The predicted molar refractivity (Wildman–Crippen MR) is 99.3 cm³/mol. The van der Waals surface area contributed by atoms with E-state index in [1.54, 1.807) is 24.4 Å². The number of thioether (sulfide) groups is 1. The Labute approximate surface area is 153 Å². The number of carbonyl (C=O) groups excluding carboxylic acids is 1. The second kappa shape index (κ2) is 7.28. The smallest absolute Gasteiger partial charge is 0.203 e. The summed E-state index contributed by atoms with van der Waals surface area (Å²) in [6.07, 6.45) is 3.38. The second-order valence-corrected chi connectivity index (χ2v) is 7.11. The molecule has 0 aliphatic carbocycles. The van der Waals surface area contributed by atoms with Crippen LogP contribution in [0.1, 0.15) is 16.5 Å². The van der Waals surface area contributed by atoms with Gasteiger partial charge < -0.3 is 14.2 Å². The lowest BCUT2D eigenvalue weighted by atomic mass is 10.0. The Morgan fingerprint density at radius 2 is 1.84 bits per heavy atom. The SMILES string of the molecule is COc1cc(/C=C2\SC(=N)[C@@H](c3nccs3)C2=O)cc(OC)c1OC. The van der Waals surface area contributed by atoms with Gasteiger partial charge in [0, 0.05) is 11.6 Å². The molecular weight excluding hydrogens is 360 g/mol. The Morgan fingerprint density at radius 3 is 2.36 bits per heavy atom. The van der Waals surface area contributed by atoms with E-state index >= 15 is 0 Å². The maximum Gasteiger partial charge on any atom is 0.203 e. The van der Waals surface area contributed by atoms with E-state index in [9.17, 15) is 4.79 Å². The van der Waals surface area contributed by atoms with Crippen LogP contribution in [0.15, 0.2) is 28.6 Å². The minimum absolute atomic E-state index is 0.112. The Morgan fingerprint density at radius 1 is 1.16 bits per heavy atom. The molecule has 2 aromatic rings. The van der Waals surface area contributed by atoms with Crippen LogP contribution in [0.2, 0.25) is 0 Å². The molecule has 1 saturated heterocycles. The van der Waals surface area contributed by atoms with Gasteiger partial charge in [-0.2, -0.15) is 0 Å². The lowest BCUT2D eigenvalue weighted by molar-refractivity contribution is -0.114. The number of aromatic nitrogens is 1. The Hall–Kier alpha value is -2.32. The van der Waals surface area contributed by atoms with E-state index in [0.29, 0.717) is 32.2 Å². The van der Waals surface area contributed by atoms with Crippen molar-refractivity contribution >= 4 is 40.0 Å². The van der Waals surface area contributed by atoms with Gasteiger partial charge in [0.2, 0.25) is 5.75 Å². The van der Waals surface area contributed by atoms with Gasteiger partial charge in [-0.3, -0.25) is 10.2 Å². The quantitative estimate of drug-likeness (QED) is 0.803. The van der Waals surface area contributed by atoms with Crippen LogP contribution in [0.3, 0.4) is 0 Å². The zero-order valence-corrected chi connectivity index (χ0v) is 15.5. The molecule has 0 radical (unpaired) electrons. The number of benzene rings is 1. The molecule has 0 amide bonds. The summed E-state index contributed by atoms with van der Waals surface area (Å²) in [6, 6.07) is 3.53. The molecule has 1 aromatic heterocycles. The van der Waals surface area contributed by atoms with E-state index in [4.69, 9.17) is 19.6 Å². The number of thiazole rings is 1. The summed E-state index contributed by atoms with van der Waals surface area (Å²) in [5.41, 5.74) is 0.734. The molecule has 0 unspecified atom stereocenters. The normalized spacial score (nSPS) is 18.7. The summed E-state index contributed by atoms with van der Waals surface area (Å²) in [7, 11) is 4.62. The molecule has 3 rings (SSSR count). The van der Waals surface area contributed by atoms with Gasteiger partial charge in [-0.25, -0.2) is 4.98 Å². The molecule has 0 spiro atoms. The van der Waals surface area contributed by atoms with Gasteiger partial charge in [0.15, 0.2) is 17.3 Å². The topological polar surface area (TPSA) is 81.5 Å². The van der Waals surface area contributed by atoms with Crippen LogP contribution < -0.4 is 14.2 Å². The van der Waals surface area contributed by atoms with Crippen LogP contribution >= 0.6 is 23.1 Å². The third kappa shape index (κ3) is 3.27. The van der Waals surface area contributed by atoms with Crippen LogP contribution in [-0.2, 0) is 4.79 Å². The van der Waals surface area contributed by atoms with Gasteiger partial charge in [0.05, 0.1) is 31.3 Å². The molecule has 1 aromatic carbocycles. The van der Waals surface area contributed by atoms with E-state index in [1.165, 1.54) is 32.7 Å². The molecule has 8 heteroatoms. The van der Waals surface area contributed by atoms with Crippen LogP contribution in [0.5, 0.6) is 17.2 Å².